The Labute approximate surface area is 168 Å². The second-order valence-corrected chi connectivity index (χ2v) is 7.09. The standard InChI is InChI=1S/C18H15Cl2F3N2O3/c1-8(2)14(17(27)28)25-16(26)11-5-9(3-4-12(11)19)15-13(20)6-10(7-24-15)18(21,22)23/h3-8,14H,1-2H3,(H,25,26)(H,27,28)/t14-/m0/s1. The topological polar surface area (TPSA) is 79.3 Å². The average Bonchev–Trinajstić information content (AvgIpc) is 2.58. The number of halogens is 5. The third-order valence-corrected chi connectivity index (χ3v) is 4.49. The number of carbonyl (C=O) groups is 2. The molecule has 0 fully saturated rings. The molecule has 150 valence electrons. The number of alkyl halides is 3. The van der Waals surface area contributed by atoms with Crippen molar-refractivity contribution in [3.8, 4) is 11.3 Å². The van der Waals surface area contributed by atoms with Crippen molar-refractivity contribution >= 4 is 35.1 Å². The number of hydrogen-bond acceptors (Lipinski definition) is 3. The summed E-state index contributed by atoms with van der Waals surface area (Å²) >= 11 is 12.0. The number of rotatable bonds is 5. The minimum absolute atomic E-state index is 0.0269. The lowest BCUT2D eigenvalue weighted by Gasteiger charge is -2.18. The van der Waals surface area contributed by atoms with Gasteiger partial charge in [0.15, 0.2) is 0 Å². The van der Waals surface area contributed by atoms with Gasteiger partial charge in [-0.2, -0.15) is 13.2 Å². The Morgan fingerprint density at radius 1 is 1.14 bits per heavy atom. The number of carboxylic acid groups (broad SMARTS) is 1. The Morgan fingerprint density at radius 2 is 1.79 bits per heavy atom. The first kappa shape index (κ1) is 22.0. The van der Waals surface area contributed by atoms with Crippen molar-refractivity contribution in [3.63, 3.8) is 0 Å². The fourth-order valence-electron chi connectivity index (χ4n) is 2.38. The van der Waals surface area contributed by atoms with Gasteiger partial charge in [-0.15, -0.1) is 0 Å². The highest BCUT2D eigenvalue weighted by molar-refractivity contribution is 6.34. The van der Waals surface area contributed by atoms with E-state index < -0.39 is 29.7 Å². The molecule has 1 heterocycles. The quantitative estimate of drug-likeness (QED) is 0.700. The van der Waals surface area contributed by atoms with Crippen molar-refractivity contribution < 1.29 is 27.9 Å². The molecule has 0 aliphatic heterocycles. The molecule has 2 aromatic rings. The van der Waals surface area contributed by atoms with Crippen molar-refractivity contribution in [2.24, 2.45) is 5.92 Å². The summed E-state index contributed by atoms with van der Waals surface area (Å²) in [4.78, 5) is 27.5. The van der Waals surface area contributed by atoms with Crippen LogP contribution >= 0.6 is 23.2 Å². The Balaban J connectivity index is 2.41. The van der Waals surface area contributed by atoms with Crippen LogP contribution in [0, 0.1) is 5.92 Å². The van der Waals surface area contributed by atoms with E-state index in [1.54, 1.807) is 13.8 Å². The van der Waals surface area contributed by atoms with Gasteiger partial charge in [0, 0.05) is 11.8 Å². The molecule has 1 atom stereocenters. The Kier molecular flexibility index (Phi) is 6.56. The lowest BCUT2D eigenvalue weighted by Crippen LogP contribution is -2.44. The van der Waals surface area contributed by atoms with Crippen LogP contribution in [0.25, 0.3) is 11.3 Å². The van der Waals surface area contributed by atoms with Crippen molar-refractivity contribution in [3.05, 3.63) is 51.6 Å². The van der Waals surface area contributed by atoms with Gasteiger partial charge >= 0.3 is 12.1 Å². The summed E-state index contributed by atoms with van der Waals surface area (Å²) in [5.41, 5.74) is -0.776. The van der Waals surface area contributed by atoms with Crippen LogP contribution in [-0.4, -0.2) is 28.0 Å². The molecule has 0 spiro atoms. The first-order chi connectivity index (χ1) is 12.9. The molecule has 2 rings (SSSR count). The van der Waals surface area contributed by atoms with Gasteiger partial charge in [0.25, 0.3) is 5.91 Å². The number of nitrogens with zero attached hydrogens (tertiary/aromatic N) is 1. The minimum Gasteiger partial charge on any atom is -0.480 e. The number of aliphatic carboxylic acids is 1. The highest BCUT2D eigenvalue weighted by Gasteiger charge is 2.32. The second kappa shape index (κ2) is 8.36. The van der Waals surface area contributed by atoms with E-state index >= 15 is 0 Å². The van der Waals surface area contributed by atoms with E-state index in [4.69, 9.17) is 23.2 Å². The SMILES string of the molecule is CC(C)[C@H](NC(=O)c1cc(-c2ncc(C(F)(F)F)cc2Cl)ccc1Cl)C(=O)O. The van der Waals surface area contributed by atoms with Crippen LogP contribution in [0.5, 0.6) is 0 Å². The number of pyridine rings is 1. The Bertz CT molecular complexity index is 917. The zero-order valence-electron chi connectivity index (χ0n) is 14.6. The molecule has 0 saturated carbocycles. The van der Waals surface area contributed by atoms with Gasteiger partial charge in [-0.25, -0.2) is 4.79 Å². The summed E-state index contributed by atoms with van der Waals surface area (Å²) < 4.78 is 38.3. The molecule has 0 aliphatic rings. The second-order valence-electron chi connectivity index (χ2n) is 6.28. The molecule has 1 aromatic heterocycles. The van der Waals surface area contributed by atoms with E-state index in [1.165, 1.54) is 18.2 Å². The molecule has 0 bridgehead atoms. The first-order valence-electron chi connectivity index (χ1n) is 7.98. The molecule has 2 N–H and O–H groups in total. The number of amides is 1. The maximum Gasteiger partial charge on any atom is 0.417 e. The third kappa shape index (κ3) is 4.94. The van der Waals surface area contributed by atoms with Gasteiger partial charge in [0.2, 0.25) is 0 Å². The fraction of sp³-hybridized carbons (Fsp3) is 0.278. The summed E-state index contributed by atoms with van der Waals surface area (Å²) in [6.07, 6.45) is -3.96. The van der Waals surface area contributed by atoms with E-state index in [0.29, 0.717) is 6.20 Å². The summed E-state index contributed by atoms with van der Waals surface area (Å²) in [6, 6.07) is 3.68. The van der Waals surface area contributed by atoms with Crippen LogP contribution in [0.3, 0.4) is 0 Å². The number of aromatic nitrogens is 1. The third-order valence-electron chi connectivity index (χ3n) is 3.87. The largest absolute Gasteiger partial charge is 0.480 e. The van der Waals surface area contributed by atoms with Gasteiger partial charge in [0.1, 0.15) is 6.04 Å². The molecule has 1 amide bonds. The molecule has 1 aromatic carbocycles. The molecular formula is C18H15Cl2F3N2O3. The highest BCUT2D eigenvalue weighted by Crippen LogP contribution is 2.35. The fourth-order valence-corrected chi connectivity index (χ4v) is 2.86. The van der Waals surface area contributed by atoms with Crippen molar-refractivity contribution in [1.82, 2.24) is 10.3 Å². The van der Waals surface area contributed by atoms with E-state index in [0.717, 1.165) is 6.07 Å². The van der Waals surface area contributed by atoms with Crippen LogP contribution in [0.15, 0.2) is 30.5 Å². The van der Waals surface area contributed by atoms with Gasteiger partial charge < -0.3 is 10.4 Å². The van der Waals surface area contributed by atoms with E-state index in [1.807, 2.05) is 0 Å². The maximum atomic E-state index is 12.8. The predicted octanol–water partition coefficient (Wildman–Crippen LogP) is 4.91. The smallest absolute Gasteiger partial charge is 0.417 e. The summed E-state index contributed by atoms with van der Waals surface area (Å²) in [7, 11) is 0. The van der Waals surface area contributed by atoms with Gasteiger partial charge in [-0.1, -0.05) is 43.1 Å². The Hall–Kier alpha value is -2.32. The summed E-state index contributed by atoms with van der Waals surface area (Å²) in [6.45, 7) is 3.26. The van der Waals surface area contributed by atoms with Crippen molar-refractivity contribution in [1.29, 1.82) is 0 Å². The van der Waals surface area contributed by atoms with E-state index in [9.17, 15) is 27.9 Å². The lowest BCUT2D eigenvalue weighted by molar-refractivity contribution is -0.140. The summed E-state index contributed by atoms with van der Waals surface area (Å²) in [5, 5.41) is 11.4. The molecule has 0 saturated heterocycles. The van der Waals surface area contributed by atoms with Crippen LogP contribution in [0.1, 0.15) is 29.8 Å². The van der Waals surface area contributed by atoms with Gasteiger partial charge in [-0.3, -0.25) is 9.78 Å². The minimum atomic E-state index is -4.59. The normalized spacial score (nSPS) is 12.7. The van der Waals surface area contributed by atoms with E-state index in [2.05, 4.69) is 10.3 Å². The zero-order valence-corrected chi connectivity index (χ0v) is 16.2. The van der Waals surface area contributed by atoms with Crippen LogP contribution in [-0.2, 0) is 11.0 Å². The monoisotopic (exact) mass is 434 g/mol. The average molecular weight is 435 g/mol. The molecule has 28 heavy (non-hydrogen) atoms. The highest BCUT2D eigenvalue weighted by atomic mass is 35.5. The number of carbonyl (C=O) groups excluding carboxylic acids is 1. The Morgan fingerprint density at radius 3 is 2.29 bits per heavy atom. The van der Waals surface area contributed by atoms with E-state index in [-0.39, 0.29) is 32.8 Å². The van der Waals surface area contributed by atoms with Crippen molar-refractivity contribution in [2.75, 3.05) is 0 Å². The molecule has 5 nitrogen and oxygen atoms in total. The van der Waals surface area contributed by atoms with Crippen molar-refractivity contribution in [2.45, 2.75) is 26.1 Å². The van der Waals surface area contributed by atoms with Crippen LogP contribution in [0.4, 0.5) is 13.2 Å². The van der Waals surface area contributed by atoms with Gasteiger partial charge in [0.05, 0.1) is 26.9 Å². The molecule has 0 unspecified atom stereocenters. The molecule has 0 aliphatic carbocycles. The number of benzene rings is 1. The number of hydrogen-bond donors (Lipinski definition) is 2. The van der Waals surface area contributed by atoms with Crippen LogP contribution < -0.4 is 5.32 Å². The number of nitrogens with one attached hydrogen (secondary N) is 1. The summed E-state index contributed by atoms with van der Waals surface area (Å²) in [5.74, 6) is -2.33. The predicted molar refractivity (Wildman–Crippen MR) is 98.4 cm³/mol. The maximum absolute atomic E-state index is 12.8. The van der Waals surface area contributed by atoms with Crippen LogP contribution in [0.2, 0.25) is 10.0 Å². The molecular weight excluding hydrogens is 420 g/mol. The molecule has 10 heteroatoms. The first-order valence-corrected chi connectivity index (χ1v) is 8.73. The van der Waals surface area contributed by atoms with Gasteiger partial charge in [-0.05, 0) is 24.1 Å². The number of carboxylic acids is 1. The zero-order chi connectivity index (χ0) is 21.2. The molecule has 0 radical (unpaired) electrons. The lowest BCUT2D eigenvalue weighted by atomic mass is 10.0.